The molecule has 0 saturated carbocycles. The highest BCUT2D eigenvalue weighted by Crippen LogP contribution is 2.15. The molecule has 0 radical (unpaired) electrons. The highest BCUT2D eigenvalue weighted by Gasteiger charge is 2.11. The molecule has 0 saturated heterocycles. The van der Waals surface area contributed by atoms with E-state index in [0.717, 1.165) is 11.1 Å². The van der Waals surface area contributed by atoms with Gasteiger partial charge in [-0.2, -0.15) is 5.10 Å². The second-order valence-electron chi connectivity index (χ2n) is 7.34. The van der Waals surface area contributed by atoms with Crippen LogP contribution in [0.1, 0.15) is 11.1 Å². The summed E-state index contributed by atoms with van der Waals surface area (Å²) in [5, 5.41) is 7.32. The van der Waals surface area contributed by atoms with E-state index < -0.39 is 11.7 Å². The van der Waals surface area contributed by atoms with Gasteiger partial charge >= 0.3 is 0 Å². The number of aromatic nitrogens is 4. The number of hydrogen-bond acceptors (Lipinski definition) is 5. The average Bonchev–Trinajstić information content (AvgIpc) is 3.20. The predicted octanol–water partition coefficient (Wildman–Crippen LogP) is 2.28. The molecule has 2 aromatic heterocycles. The maximum atomic E-state index is 13.5. The number of carbonyl (C=O) groups is 1. The third-order valence-electron chi connectivity index (χ3n) is 4.94. The molecule has 9 heteroatoms. The lowest BCUT2D eigenvalue weighted by atomic mass is 10.1. The van der Waals surface area contributed by atoms with Gasteiger partial charge in [0, 0.05) is 6.54 Å². The quantitative estimate of drug-likeness (QED) is 0.459. The molecule has 32 heavy (non-hydrogen) atoms. The lowest BCUT2D eigenvalue weighted by Gasteiger charge is -2.09. The Labute approximate surface area is 183 Å². The van der Waals surface area contributed by atoms with Crippen molar-refractivity contribution in [3.63, 3.8) is 0 Å². The number of aryl methyl sites for hydroxylation is 1. The van der Waals surface area contributed by atoms with Crippen LogP contribution in [0, 0.1) is 12.7 Å². The lowest BCUT2D eigenvalue weighted by molar-refractivity contribution is -0.123. The van der Waals surface area contributed by atoms with Crippen LogP contribution in [-0.4, -0.2) is 38.4 Å². The number of halogens is 1. The summed E-state index contributed by atoms with van der Waals surface area (Å²) in [4.78, 5) is 29.1. The Kier molecular flexibility index (Phi) is 6.25. The van der Waals surface area contributed by atoms with E-state index in [1.165, 1.54) is 24.7 Å². The largest absolute Gasteiger partial charge is 0.481 e. The molecule has 0 unspecified atom stereocenters. The molecular weight excluding hydrogens is 413 g/mol. The van der Waals surface area contributed by atoms with Crippen molar-refractivity contribution < 1.29 is 13.9 Å². The number of hydrogen-bond donors (Lipinski definition) is 1. The van der Waals surface area contributed by atoms with Crippen molar-refractivity contribution in [1.29, 1.82) is 0 Å². The minimum atomic E-state index is -0.526. The summed E-state index contributed by atoms with van der Waals surface area (Å²) >= 11 is 0. The Bertz CT molecular complexity index is 1300. The number of para-hydroxylation sites is 1. The third kappa shape index (κ3) is 4.83. The molecule has 1 N–H and O–H groups in total. The highest BCUT2D eigenvalue weighted by atomic mass is 19.1. The van der Waals surface area contributed by atoms with E-state index in [-0.39, 0.29) is 24.5 Å². The number of fused-ring (bicyclic) bond motifs is 1. The van der Waals surface area contributed by atoms with Crippen molar-refractivity contribution in [3.8, 4) is 5.75 Å². The normalized spacial score (nSPS) is 10.9. The fourth-order valence-corrected chi connectivity index (χ4v) is 3.22. The zero-order valence-corrected chi connectivity index (χ0v) is 17.5. The number of rotatable bonds is 8. The molecule has 0 fully saturated rings. The number of nitrogens with one attached hydrogen (secondary N) is 1. The van der Waals surface area contributed by atoms with Crippen LogP contribution in [0.2, 0.25) is 0 Å². The number of nitrogens with zero attached hydrogens (tertiary/aromatic N) is 4. The van der Waals surface area contributed by atoms with E-state index in [1.807, 2.05) is 31.2 Å². The first-order chi connectivity index (χ1) is 15.5. The second kappa shape index (κ2) is 9.42. The summed E-state index contributed by atoms with van der Waals surface area (Å²) in [7, 11) is 0. The van der Waals surface area contributed by atoms with Crippen molar-refractivity contribution in [3.05, 3.63) is 88.4 Å². The first-order valence-electron chi connectivity index (χ1n) is 10.1. The molecule has 0 aliphatic heterocycles. The maximum Gasteiger partial charge on any atom is 0.264 e. The lowest BCUT2D eigenvalue weighted by Crippen LogP contribution is -2.32. The predicted molar refractivity (Wildman–Crippen MR) is 117 cm³/mol. The molecule has 8 nitrogen and oxygen atoms in total. The van der Waals surface area contributed by atoms with Gasteiger partial charge in [-0.25, -0.2) is 14.1 Å². The fraction of sp³-hybridized carbons (Fsp3) is 0.217. The van der Waals surface area contributed by atoms with Gasteiger partial charge in [0.15, 0.2) is 23.8 Å². The van der Waals surface area contributed by atoms with Gasteiger partial charge in [0.1, 0.15) is 11.7 Å². The standard InChI is InChI=1S/C23H22FN5O3/c1-16-6-8-17(9-7-16)13-28-15-26-22-18(23(28)31)12-27-29(22)11-10-25-21(30)14-32-20-5-3-2-4-19(20)24/h2-9,12,15H,10-11,13-14H2,1H3,(H,25,30). The van der Waals surface area contributed by atoms with Crippen molar-refractivity contribution in [1.82, 2.24) is 24.6 Å². The molecule has 0 spiro atoms. The molecule has 0 atom stereocenters. The average molecular weight is 435 g/mol. The van der Waals surface area contributed by atoms with E-state index in [1.54, 1.807) is 21.4 Å². The Morgan fingerprint density at radius 3 is 2.72 bits per heavy atom. The zero-order valence-electron chi connectivity index (χ0n) is 17.5. The summed E-state index contributed by atoms with van der Waals surface area (Å²) in [5.74, 6) is -0.896. The highest BCUT2D eigenvalue weighted by molar-refractivity contribution is 5.77. The number of ether oxygens (including phenoxy) is 1. The van der Waals surface area contributed by atoms with Gasteiger partial charge in [-0.1, -0.05) is 42.0 Å². The molecule has 4 aromatic rings. The van der Waals surface area contributed by atoms with Crippen LogP contribution in [0.3, 0.4) is 0 Å². The Balaban J connectivity index is 1.35. The first-order valence-corrected chi connectivity index (χ1v) is 10.1. The van der Waals surface area contributed by atoms with Crippen LogP contribution in [0.4, 0.5) is 4.39 Å². The van der Waals surface area contributed by atoms with Crippen molar-refractivity contribution >= 4 is 16.9 Å². The number of benzene rings is 2. The van der Waals surface area contributed by atoms with Gasteiger partial charge in [0.25, 0.3) is 11.5 Å². The molecule has 4 rings (SSSR count). The molecule has 0 aliphatic carbocycles. The van der Waals surface area contributed by atoms with Crippen LogP contribution in [0.25, 0.3) is 11.0 Å². The van der Waals surface area contributed by atoms with E-state index in [4.69, 9.17) is 4.74 Å². The molecule has 0 aliphatic rings. The van der Waals surface area contributed by atoms with Crippen LogP contribution in [-0.2, 0) is 17.9 Å². The van der Waals surface area contributed by atoms with Gasteiger partial charge in [-0.05, 0) is 24.6 Å². The molecule has 2 aromatic carbocycles. The third-order valence-corrected chi connectivity index (χ3v) is 4.94. The Hall–Kier alpha value is -4.01. The van der Waals surface area contributed by atoms with Crippen LogP contribution < -0.4 is 15.6 Å². The van der Waals surface area contributed by atoms with Crippen LogP contribution >= 0.6 is 0 Å². The number of amides is 1. The van der Waals surface area contributed by atoms with Crippen molar-refractivity contribution in [2.24, 2.45) is 0 Å². The smallest absolute Gasteiger partial charge is 0.264 e. The first kappa shape index (κ1) is 21.2. The van der Waals surface area contributed by atoms with Gasteiger partial charge in [-0.3, -0.25) is 14.2 Å². The molecule has 2 heterocycles. The summed E-state index contributed by atoms with van der Waals surface area (Å²) in [6.45, 7) is 2.71. The molecule has 0 bridgehead atoms. The van der Waals surface area contributed by atoms with Crippen LogP contribution in [0.5, 0.6) is 5.75 Å². The molecular formula is C23H22FN5O3. The minimum Gasteiger partial charge on any atom is -0.481 e. The van der Waals surface area contributed by atoms with E-state index >= 15 is 0 Å². The maximum absolute atomic E-state index is 13.5. The van der Waals surface area contributed by atoms with Gasteiger partial charge < -0.3 is 10.1 Å². The van der Waals surface area contributed by atoms with Crippen molar-refractivity contribution in [2.45, 2.75) is 20.0 Å². The minimum absolute atomic E-state index is 0.0202. The summed E-state index contributed by atoms with van der Waals surface area (Å²) in [6.07, 6.45) is 2.99. The monoisotopic (exact) mass is 435 g/mol. The van der Waals surface area contributed by atoms with E-state index in [0.29, 0.717) is 24.1 Å². The van der Waals surface area contributed by atoms with Gasteiger partial charge in [-0.15, -0.1) is 0 Å². The Morgan fingerprint density at radius 1 is 1.16 bits per heavy atom. The SMILES string of the molecule is Cc1ccc(Cn2cnc3c(cnn3CCNC(=O)COc3ccccc3F)c2=O)cc1. The number of carbonyl (C=O) groups excluding carboxylic acids is 1. The second-order valence-corrected chi connectivity index (χ2v) is 7.34. The van der Waals surface area contributed by atoms with Gasteiger partial charge in [0.05, 0.1) is 19.3 Å². The molecule has 1 amide bonds. The summed E-state index contributed by atoms with van der Waals surface area (Å²) in [5.41, 5.74) is 2.43. The van der Waals surface area contributed by atoms with E-state index in [2.05, 4.69) is 15.4 Å². The molecule has 164 valence electrons. The summed E-state index contributed by atoms with van der Waals surface area (Å²) < 4.78 is 21.8. The zero-order chi connectivity index (χ0) is 22.5. The summed E-state index contributed by atoms with van der Waals surface area (Å²) in [6, 6.07) is 13.8. The topological polar surface area (TPSA) is 91.0 Å². The fourth-order valence-electron chi connectivity index (χ4n) is 3.22. The van der Waals surface area contributed by atoms with E-state index in [9.17, 15) is 14.0 Å². The Morgan fingerprint density at radius 2 is 1.94 bits per heavy atom. The van der Waals surface area contributed by atoms with Crippen LogP contribution in [0.15, 0.2) is 65.8 Å². The van der Waals surface area contributed by atoms with Crippen molar-refractivity contribution in [2.75, 3.05) is 13.2 Å². The van der Waals surface area contributed by atoms with Gasteiger partial charge in [0.2, 0.25) is 0 Å².